The number of unbranched alkanes of at least 4 members (excludes halogenated alkanes) is 1. The molecule has 0 fully saturated rings. The van der Waals surface area contributed by atoms with Crippen LogP contribution >= 0.6 is 0 Å². The zero-order valence-electron chi connectivity index (χ0n) is 17.5. The average molecular weight is 401 g/mol. The van der Waals surface area contributed by atoms with Crippen molar-refractivity contribution in [2.24, 2.45) is 0 Å². The highest BCUT2D eigenvalue weighted by atomic mass is 16.5. The molecule has 0 saturated carbocycles. The van der Waals surface area contributed by atoms with Crippen molar-refractivity contribution < 1.29 is 28.6 Å². The molecule has 0 amide bonds. The third kappa shape index (κ3) is 5.25. The van der Waals surface area contributed by atoms with Crippen LogP contribution in [0.3, 0.4) is 0 Å². The van der Waals surface area contributed by atoms with Gasteiger partial charge in [-0.25, -0.2) is 4.79 Å². The number of methoxy groups -OCH3 is 1. The number of aryl methyl sites for hydroxylation is 1. The Labute approximate surface area is 170 Å². The molecule has 1 N–H and O–H groups in total. The highest BCUT2D eigenvalue weighted by Crippen LogP contribution is 2.28. The van der Waals surface area contributed by atoms with Crippen molar-refractivity contribution in [1.82, 2.24) is 4.98 Å². The second kappa shape index (κ2) is 9.91. The predicted molar refractivity (Wildman–Crippen MR) is 108 cm³/mol. The largest absolute Gasteiger partial charge is 0.493 e. The lowest BCUT2D eigenvalue weighted by Gasteiger charge is -2.11. The average Bonchev–Trinajstić information content (AvgIpc) is 3.00. The molecule has 156 valence electrons. The first-order chi connectivity index (χ1) is 13.8. The standard InChI is InChI=1S/C22H27NO6/c1-6-7-10-28-18-9-8-16(11-19(18)27-5)22(26)29-12-17(25)21-13(2)20(15(4)24)14(3)23-21/h8-9,11,23H,6-7,10,12H2,1-5H3. The summed E-state index contributed by atoms with van der Waals surface area (Å²) in [6.07, 6.45) is 1.92. The van der Waals surface area contributed by atoms with Crippen LogP contribution in [-0.4, -0.2) is 42.8 Å². The Morgan fingerprint density at radius 1 is 1.10 bits per heavy atom. The number of rotatable bonds is 10. The number of aromatic nitrogens is 1. The van der Waals surface area contributed by atoms with Gasteiger partial charge in [0.2, 0.25) is 5.78 Å². The zero-order chi connectivity index (χ0) is 21.6. The Kier molecular flexibility index (Phi) is 7.59. The molecule has 0 aliphatic carbocycles. The maximum Gasteiger partial charge on any atom is 0.338 e. The first-order valence-electron chi connectivity index (χ1n) is 9.51. The van der Waals surface area contributed by atoms with E-state index < -0.39 is 18.4 Å². The second-order valence-electron chi connectivity index (χ2n) is 6.75. The van der Waals surface area contributed by atoms with Crippen molar-refractivity contribution in [2.45, 2.75) is 40.5 Å². The molecule has 7 nitrogen and oxygen atoms in total. The van der Waals surface area contributed by atoms with E-state index in [0.717, 1.165) is 12.8 Å². The second-order valence-corrected chi connectivity index (χ2v) is 6.75. The molecule has 0 radical (unpaired) electrons. The lowest BCUT2D eigenvalue weighted by atomic mass is 10.1. The first-order valence-corrected chi connectivity index (χ1v) is 9.51. The maximum atomic E-state index is 12.4. The monoisotopic (exact) mass is 401 g/mol. The van der Waals surface area contributed by atoms with E-state index in [4.69, 9.17) is 14.2 Å². The van der Waals surface area contributed by atoms with Gasteiger partial charge in [-0.3, -0.25) is 9.59 Å². The smallest absolute Gasteiger partial charge is 0.338 e. The van der Waals surface area contributed by atoms with E-state index in [1.54, 1.807) is 26.0 Å². The fourth-order valence-electron chi connectivity index (χ4n) is 3.08. The summed E-state index contributed by atoms with van der Waals surface area (Å²) >= 11 is 0. The van der Waals surface area contributed by atoms with Crippen molar-refractivity contribution in [1.29, 1.82) is 0 Å². The normalized spacial score (nSPS) is 10.5. The van der Waals surface area contributed by atoms with Gasteiger partial charge in [0.15, 0.2) is 23.9 Å². The van der Waals surface area contributed by atoms with Crippen molar-refractivity contribution in [2.75, 3.05) is 20.3 Å². The Balaban J connectivity index is 2.06. The minimum absolute atomic E-state index is 0.124. The third-order valence-electron chi connectivity index (χ3n) is 4.56. The summed E-state index contributed by atoms with van der Waals surface area (Å²) in [6.45, 7) is 7.05. The Morgan fingerprint density at radius 3 is 2.41 bits per heavy atom. The van der Waals surface area contributed by atoms with Gasteiger partial charge in [0, 0.05) is 11.3 Å². The highest BCUT2D eigenvalue weighted by Gasteiger charge is 2.21. The van der Waals surface area contributed by atoms with Gasteiger partial charge in [-0.1, -0.05) is 13.3 Å². The minimum Gasteiger partial charge on any atom is -0.493 e. The summed E-state index contributed by atoms with van der Waals surface area (Å²) in [5, 5.41) is 0. The molecule has 0 spiro atoms. The molecule has 0 aliphatic rings. The van der Waals surface area contributed by atoms with E-state index in [9.17, 15) is 14.4 Å². The van der Waals surface area contributed by atoms with Gasteiger partial charge in [0.1, 0.15) is 0 Å². The molecule has 2 rings (SSSR count). The first kappa shape index (κ1) is 22.2. The van der Waals surface area contributed by atoms with Crippen LogP contribution in [0.25, 0.3) is 0 Å². The molecule has 29 heavy (non-hydrogen) atoms. The van der Waals surface area contributed by atoms with Crippen LogP contribution in [0.2, 0.25) is 0 Å². The van der Waals surface area contributed by atoms with Gasteiger partial charge < -0.3 is 19.2 Å². The number of esters is 1. The number of hydrogen-bond acceptors (Lipinski definition) is 6. The van der Waals surface area contributed by atoms with E-state index in [2.05, 4.69) is 11.9 Å². The van der Waals surface area contributed by atoms with Crippen molar-refractivity contribution in [3.05, 3.63) is 46.3 Å². The lowest BCUT2D eigenvalue weighted by Crippen LogP contribution is -2.15. The van der Waals surface area contributed by atoms with Crippen molar-refractivity contribution in [3.8, 4) is 11.5 Å². The quantitative estimate of drug-likeness (QED) is 0.366. The summed E-state index contributed by atoms with van der Waals surface area (Å²) in [4.78, 5) is 39.4. The summed E-state index contributed by atoms with van der Waals surface area (Å²) in [5.41, 5.74) is 2.20. The number of ether oxygens (including phenoxy) is 3. The van der Waals surface area contributed by atoms with Crippen LogP contribution in [-0.2, 0) is 4.74 Å². The number of hydrogen-bond donors (Lipinski definition) is 1. The van der Waals surface area contributed by atoms with Gasteiger partial charge in [0.25, 0.3) is 0 Å². The lowest BCUT2D eigenvalue weighted by molar-refractivity contribution is 0.0473. The van der Waals surface area contributed by atoms with Crippen LogP contribution in [0, 0.1) is 13.8 Å². The summed E-state index contributed by atoms with van der Waals surface area (Å²) < 4.78 is 16.1. The summed E-state index contributed by atoms with van der Waals surface area (Å²) in [5.74, 6) is -0.213. The van der Waals surface area contributed by atoms with E-state index in [0.29, 0.717) is 34.9 Å². The Morgan fingerprint density at radius 2 is 1.83 bits per heavy atom. The number of ketones is 2. The molecule has 0 unspecified atom stereocenters. The minimum atomic E-state index is -0.649. The molecule has 1 aromatic heterocycles. The number of benzene rings is 1. The number of nitrogens with one attached hydrogen (secondary N) is 1. The van der Waals surface area contributed by atoms with Gasteiger partial charge in [-0.2, -0.15) is 0 Å². The molecule has 0 aliphatic heterocycles. The number of carbonyl (C=O) groups excluding carboxylic acids is 3. The third-order valence-corrected chi connectivity index (χ3v) is 4.56. The molecule has 0 atom stereocenters. The van der Waals surface area contributed by atoms with Gasteiger partial charge in [-0.15, -0.1) is 0 Å². The fourth-order valence-corrected chi connectivity index (χ4v) is 3.08. The van der Waals surface area contributed by atoms with Crippen molar-refractivity contribution >= 4 is 17.5 Å². The molecular weight excluding hydrogens is 374 g/mol. The van der Waals surface area contributed by atoms with E-state index in [1.807, 2.05) is 0 Å². The summed E-state index contributed by atoms with van der Waals surface area (Å²) in [7, 11) is 1.49. The number of H-pyrrole nitrogens is 1. The fraction of sp³-hybridized carbons (Fsp3) is 0.409. The molecule has 7 heteroatoms. The van der Waals surface area contributed by atoms with Crippen LogP contribution in [0.4, 0.5) is 0 Å². The molecular formula is C22H27NO6. The summed E-state index contributed by atoms with van der Waals surface area (Å²) in [6, 6.07) is 4.73. The molecule has 1 aromatic carbocycles. The molecule has 1 heterocycles. The van der Waals surface area contributed by atoms with Gasteiger partial charge >= 0.3 is 5.97 Å². The van der Waals surface area contributed by atoms with Crippen LogP contribution in [0.15, 0.2) is 18.2 Å². The molecule has 0 bridgehead atoms. The van der Waals surface area contributed by atoms with Crippen LogP contribution in [0.1, 0.15) is 69.2 Å². The Hall–Kier alpha value is -3.09. The van der Waals surface area contributed by atoms with Gasteiger partial charge in [0.05, 0.1) is 25.0 Å². The topological polar surface area (TPSA) is 94.7 Å². The van der Waals surface area contributed by atoms with Crippen LogP contribution in [0.5, 0.6) is 11.5 Å². The maximum absolute atomic E-state index is 12.4. The zero-order valence-corrected chi connectivity index (χ0v) is 17.5. The highest BCUT2D eigenvalue weighted by molar-refractivity contribution is 6.04. The molecule has 2 aromatic rings. The Bertz CT molecular complexity index is 912. The van der Waals surface area contributed by atoms with E-state index >= 15 is 0 Å². The van der Waals surface area contributed by atoms with Crippen molar-refractivity contribution in [3.63, 3.8) is 0 Å². The predicted octanol–water partition coefficient (Wildman–Crippen LogP) is 4.06. The number of aromatic amines is 1. The van der Waals surface area contributed by atoms with E-state index in [1.165, 1.54) is 20.1 Å². The van der Waals surface area contributed by atoms with Crippen LogP contribution < -0.4 is 9.47 Å². The SMILES string of the molecule is CCCCOc1ccc(C(=O)OCC(=O)c2[nH]c(C)c(C(C)=O)c2C)cc1OC. The number of Topliss-reactive ketones (excluding diaryl/α,β-unsaturated/α-hetero) is 2. The number of carbonyl (C=O) groups is 3. The van der Waals surface area contributed by atoms with E-state index in [-0.39, 0.29) is 17.0 Å². The van der Waals surface area contributed by atoms with Gasteiger partial charge in [-0.05, 0) is 51.0 Å². The molecule has 0 saturated heterocycles.